The zero-order valence-electron chi connectivity index (χ0n) is 14.5. The fraction of sp³-hybridized carbons (Fsp3) is 0.556. The fourth-order valence-corrected chi connectivity index (χ4v) is 3.63. The summed E-state index contributed by atoms with van der Waals surface area (Å²) in [5, 5.41) is 5.61. The lowest BCUT2D eigenvalue weighted by Gasteiger charge is -2.26. The second kappa shape index (κ2) is 7.21. The molecule has 2 saturated heterocycles. The number of nitrogens with zero attached hydrogens (tertiary/aromatic N) is 2. The molecule has 0 unspecified atom stereocenters. The van der Waals surface area contributed by atoms with Gasteiger partial charge in [0.15, 0.2) is 0 Å². The molecular formula is C18H26N4O2. The Kier molecular flexibility index (Phi) is 5.04. The van der Waals surface area contributed by atoms with Gasteiger partial charge in [-0.3, -0.25) is 9.69 Å². The van der Waals surface area contributed by atoms with Gasteiger partial charge < -0.3 is 15.5 Å². The molecular weight excluding hydrogens is 304 g/mol. The molecule has 1 atom stereocenters. The second-order valence-electron chi connectivity index (χ2n) is 6.67. The predicted molar refractivity (Wildman–Crippen MR) is 94.4 cm³/mol. The molecule has 0 aliphatic carbocycles. The molecule has 130 valence electrons. The number of hydrogen-bond acceptors (Lipinski definition) is 3. The van der Waals surface area contributed by atoms with Crippen LogP contribution in [0, 0.1) is 6.92 Å². The van der Waals surface area contributed by atoms with Crippen molar-refractivity contribution in [1.82, 2.24) is 15.1 Å². The Morgan fingerprint density at radius 1 is 1.17 bits per heavy atom. The quantitative estimate of drug-likeness (QED) is 0.872. The maximum Gasteiger partial charge on any atom is 0.321 e. The van der Waals surface area contributed by atoms with E-state index in [2.05, 4.69) is 15.5 Å². The number of anilines is 1. The monoisotopic (exact) mass is 330 g/mol. The summed E-state index contributed by atoms with van der Waals surface area (Å²) in [5.41, 5.74) is 2.21. The van der Waals surface area contributed by atoms with Gasteiger partial charge in [0.2, 0.25) is 0 Å². The minimum absolute atomic E-state index is 0.0686. The fourth-order valence-electron chi connectivity index (χ4n) is 3.63. The minimum Gasteiger partial charge on any atom is -0.355 e. The molecule has 1 aromatic rings. The normalized spacial score (nSPS) is 21.1. The van der Waals surface area contributed by atoms with Crippen molar-refractivity contribution in [2.24, 2.45) is 0 Å². The van der Waals surface area contributed by atoms with Crippen molar-refractivity contribution in [3.8, 4) is 0 Å². The third-order valence-corrected chi connectivity index (χ3v) is 5.06. The number of rotatable bonds is 2. The van der Waals surface area contributed by atoms with Gasteiger partial charge in [-0.1, -0.05) is 6.07 Å². The maximum atomic E-state index is 12.7. The molecule has 0 aromatic heterocycles. The summed E-state index contributed by atoms with van der Waals surface area (Å²) in [6.07, 6.45) is 3.42. The van der Waals surface area contributed by atoms with Crippen LogP contribution >= 0.6 is 0 Å². The summed E-state index contributed by atoms with van der Waals surface area (Å²) < 4.78 is 0. The van der Waals surface area contributed by atoms with Crippen LogP contribution in [0.2, 0.25) is 0 Å². The molecule has 6 nitrogen and oxygen atoms in total. The Balaban J connectivity index is 1.71. The Bertz CT molecular complexity index is 631. The second-order valence-corrected chi connectivity index (χ2v) is 6.67. The van der Waals surface area contributed by atoms with Gasteiger partial charge in [0.1, 0.15) is 0 Å². The first-order valence-electron chi connectivity index (χ1n) is 8.71. The van der Waals surface area contributed by atoms with Gasteiger partial charge in [0.25, 0.3) is 5.91 Å². The first-order valence-corrected chi connectivity index (χ1v) is 8.71. The van der Waals surface area contributed by atoms with E-state index in [4.69, 9.17) is 0 Å². The summed E-state index contributed by atoms with van der Waals surface area (Å²) >= 11 is 0. The van der Waals surface area contributed by atoms with E-state index in [1.165, 1.54) is 12.8 Å². The number of amides is 3. The van der Waals surface area contributed by atoms with Crippen molar-refractivity contribution in [2.45, 2.75) is 32.2 Å². The average Bonchev–Trinajstić information content (AvgIpc) is 2.92. The molecule has 2 aliphatic rings. The van der Waals surface area contributed by atoms with Crippen LogP contribution in [0.15, 0.2) is 18.2 Å². The lowest BCUT2D eigenvalue weighted by atomic mass is 10.1. The van der Waals surface area contributed by atoms with Crippen LogP contribution in [-0.4, -0.2) is 61.0 Å². The van der Waals surface area contributed by atoms with Gasteiger partial charge >= 0.3 is 6.03 Å². The molecule has 3 rings (SSSR count). The van der Waals surface area contributed by atoms with Crippen LogP contribution in [0.3, 0.4) is 0 Å². The van der Waals surface area contributed by atoms with Gasteiger partial charge in [0.05, 0.1) is 0 Å². The van der Waals surface area contributed by atoms with E-state index in [1.54, 1.807) is 19.2 Å². The molecule has 0 spiro atoms. The average molecular weight is 330 g/mol. The summed E-state index contributed by atoms with van der Waals surface area (Å²) in [6, 6.07) is 5.80. The first kappa shape index (κ1) is 16.8. The van der Waals surface area contributed by atoms with Gasteiger partial charge in [0, 0.05) is 44.0 Å². The number of carbonyl (C=O) groups is 2. The summed E-state index contributed by atoms with van der Waals surface area (Å²) in [5.74, 6) is -0.151. The molecule has 2 N–H and O–H groups in total. The Labute approximate surface area is 143 Å². The van der Waals surface area contributed by atoms with E-state index >= 15 is 0 Å². The highest BCUT2D eigenvalue weighted by Gasteiger charge is 2.30. The Morgan fingerprint density at radius 2 is 1.96 bits per heavy atom. The van der Waals surface area contributed by atoms with Crippen molar-refractivity contribution in [1.29, 1.82) is 0 Å². The van der Waals surface area contributed by atoms with Crippen LogP contribution in [-0.2, 0) is 0 Å². The van der Waals surface area contributed by atoms with Crippen molar-refractivity contribution in [2.75, 3.05) is 38.5 Å². The van der Waals surface area contributed by atoms with Crippen LogP contribution in [0.25, 0.3) is 0 Å². The van der Waals surface area contributed by atoms with E-state index in [0.29, 0.717) is 17.3 Å². The summed E-state index contributed by atoms with van der Waals surface area (Å²) in [4.78, 5) is 28.9. The predicted octanol–water partition coefficient (Wildman–Crippen LogP) is 2.06. The Morgan fingerprint density at radius 3 is 2.75 bits per heavy atom. The first-order chi connectivity index (χ1) is 11.6. The summed E-state index contributed by atoms with van der Waals surface area (Å²) in [7, 11) is 1.60. The molecule has 1 aromatic carbocycles. The van der Waals surface area contributed by atoms with E-state index in [0.717, 1.165) is 38.2 Å². The molecule has 2 aliphatic heterocycles. The third kappa shape index (κ3) is 3.53. The number of urea groups is 1. The smallest absolute Gasteiger partial charge is 0.321 e. The number of fused-ring (bicyclic) bond motifs is 1. The Hall–Kier alpha value is -2.08. The molecule has 6 heteroatoms. The van der Waals surface area contributed by atoms with Crippen LogP contribution < -0.4 is 10.6 Å². The number of hydrogen-bond donors (Lipinski definition) is 2. The molecule has 0 bridgehead atoms. The number of carbonyl (C=O) groups excluding carboxylic acids is 2. The SMILES string of the molecule is CNC(=O)c1ccc(C)c(NC(=O)N2CCCN3CCC[C@H]3C2)c1. The third-order valence-electron chi connectivity index (χ3n) is 5.06. The van der Waals surface area contributed by atoms with Crippen molar-refractivity contribution < 1.29 is 9.59 Å². The van der Waals surface area contributed by atoms with Gasteiger partial charge in [-0.2, -0.15) is 0 Å². The van der Waals surface area contributed by atoms with E-state index in [1.807, 2.05) is 17.9 Å². The number of benzene rings is 1. The number of nitrogens with one attached hydrogen (secondary N) is 2. The lowest BCUT2D eigenvalue weighted by molar-refractivity contribution is 0.0963. The van der Waals surface area contributed by atoms with Crippen molar-refractivity contribution in [3.05, 3.63) is 29.3 Å². The largest absolute Gasteiger partial charge is 0.355 e. The topological polar surface area (TPSA) is 64.7 Å². The van der Waals surface area contributed by atoms with Gasteiger partial charge in [-0.15, -0.1) is 0 Å². The highest BCUT2D eigenvalue weighted by atomic mass is 16.2. The zero-order chi connectivity index (χ0) is 17.1. The van der Waals surface area contributed by atoms with E-state index < -0.39 is 0 Å². The molecule has 2 fully saturated rings. The van der Waals surface area contributed by atoms with Crippen LogP contribution in [0.4, 0.5) is 10.5 Å². The van der Waals surface area contributed by atoms with Crippen molar-refractivity contribution >= 4 is 17.6 Å². The lowest BCUT2D eigenvalue weighted by Crippen LogP contribution is -2.41. The standard InChI is InChI=1S/C18H26N4O2/c1-13-6-7-14(17(23)19-2)11-16(13)20-18(24)22-10-4-9-21-8-3-5-15(21)12-22/h6-7,11,15H,3-5,8-10,12H2,1-2H3,(H,19,23)(H,20,24)/t15-/m0/s1. The maximum absolute atomic E-state index is 12.7. The van der Waals surface area contributed by atoms with Gasteiger partial charge in [-0.05, 0) is 50.4 Å². The molecule has 24 heavy (non-hydrogen) atoms. The zero-order valence-corrected chi connectivity index (χ0v) is 14.5. The van der Waals surface area contributed by atoms with Crippen LogP contribution in [0.1, 0.15) is 35.2 Å². The molecule has 3 amide bonds. The van der Waals surface area contributed by atoms with Crippen LogP contribution in [0.5, 0.6) is 0 Å². The van der Waals surface area contributed by atoms with E-state index in [9.17, 15) is 9.59 Å². The number of aryl methyl sites for hydroxylation is 1. The molecule has 2 heterocycles. The van der Waals surface area contributed by atoms with Gasteiger partial charge in [-0.25, -0.2) is 4.79 Å². The van der Waals surface area contributed by atoms with Crippen molar-refractivity contribution in [3.63, 3.8) is 0 Å². The minimum atomic E-state index is -0.151. The molecule has 0 radical (unpaired) electrons. The molecule has 0 saturated carbocycles. The highest BCUT2D eigenvalue weighted by molar-refractivity contribution is 5.97. The van der Waals surface area contributed by atoms with E-state index in [-0.39, 0.29) is 11.9 Å². The summed E-state index contributed by atoms with van der Waals surface area (Å²) in [6.45, 7) is 5.75. The highest BCUT2D eigenvalue weighted by Crippen LogP contribution is 2.23.